The zero-order valence-corrected chi connectivity index (χ0v) is 21.5. The Morgan fingerprint density at radius 2 is 1.89 bits per heavy atom. The number of nitrogens with one attached hydrogen (secondary N) is 4. The van der Waals surface area contributed by atoms with E-state index in [1.54, 1.807) is 25.3 Å². The summed E-state index contributed by atoms with van der Waals surface area (Å²) in [5, 5.41) is 8.89. The maximum absolute atomic E-state index is 13.3. The van der Waals surface area contributed by atoms with Crippen LogP contribution in [-0.2, 0) is 23.9 Å². The third-order valence-electron chi connectivity index (χ3n) is 6.22. The fourth-order valence-electron chi connectivity index (χ4n) is 4.34. The van der Waals surface area contributed by atoms with E-state index >= 15 is 0 Å². The first-order valence-corrected chi connectivity index (χ1v) is 12.3. The van der Waals surface area contributed by atoms with Crippen molar-refractivity contribution in [2.75, 3.05) is 20.3 Å². The molecule has 0 aliphatic carbocycles. The van der Waals surface area contributed by atoms with E-state index in [1.807, 2.05) is 19.9 Å². The molecular formula is C26H34N4O7. The van der Waals surface area contributed by atoms with Gasteiger partial charge in [-0.1, -0.05) is 19.9 Å². The fraction of sp³-hybridized carbons (Fsp3) is 0.500. The number of hydrogen-bond donors (Lipinski definition) is 4. The number of H-pyrrole nitrogens is 1. The van der Waals surface area contributed by atoms with Crippen molar-refractivity contribution in [2.24, 2.45) is 11.8 Å². The van der Waals surface area contributed by atoms with Gasteiger partial charge in [0.25, 0.3) is 5.91 Å². The second-order valence-electron chi connectivity index (χ2n) is 9.58. The number of aromatic nitrogens is 1. The topological polar surface area (TPSA) is 156 Å². The molecule has 1 saturated heterocycles. The van der Waals surface area contributed by atoms with Crippen LogP contribution in [0.4, 0.5) is 0 Å². The summed E-state index contributed by atoms with van der Waals surface area (Å²) >= 11 is 0. The Balaban J connectivity index is 1.77. The van der Waals surface area contributed by atoms with E-state index < -0.39 is 48.2 Å². The highest BCUT2D eigenvalue weighted by atomic mass is 16.5. The zero-order chi connectivity index (χ0) is 27.1. The number of hydrogen-bond acceptors (Lipinski definition) is 7. The van der Waals surface area contributed by atoms with Crippen LogP contribution >= 0.6 is 0 Å². The van der Waals surface area contributed by atoms with E-state index in [-0.39, 0.29) is 23.9 Å². The summed E-state index contributed by atoms with van der Waals surface area (Å²) in [6.07, 6.45) is 0.916. The van der Waals surface area contributed by atoms with E-state index in [2.05, 4.69) is 20.9 Å². The number of carbonyl (C=O) groups is 5. The van der Waals surface area contributed by atoms with Crippen LogP contribution in [0.5, 0.6) is 5.75 Å². The number of esters is 1. The summed E-state index contributed by atoms with van der Waals surface area (Å²) in [4.78, 5) is 65.5. The van der Waals surface area contributed by atoms with Crippen molar-refractivity contribution < 1.29 is 33.4 Å². The Hall–Kier alpha value is -3.89. The van der Waals surface area contributed by atoms with Gasteiger partial charge in [0.15, 0.2) is 12.4 Å². The molecule has 1 aliphatic heterocycles. The average Bonchev–Trinajstić information content (AvgIpc) is 3.47. The van der Waals surface area contributed by atoms with Gasteiger partial charge >= 0.3 is 5.97 Å². The summed E-state index contributed by atoms with van der Waals surface area (Å²) in [5.41, 5.74) is 0.964. The minimum atomic E-state index is -1.05. The largest absolute Gasteiger partial charge is 0.496 e. The molecule has 3 atom stereocenters. The van der Waals surface area contributed by atoms with E-state index in [0.29, 0.717) is 30.7 Å². The summed E-state index contributed by atoms with van der Waals surface area (Å²) in [6.45, 7) is 4.97. The van der Waals surface area contributed by atoms with Gasteiger partial charge in [-0.05, 0) is 43.4 Å². The van der Waals surface area contributed by atoms with Crippen molar-refractivity contribution in [3.8, 4) is 5.75 Å². The van der Waals surface area contributed by atoms with Crippen molar-refractivity contribution in [1.29, 1.82) is 0 Å². The van der Waals surface area contributed by atoms with E-state index in [9.17, 15) is 24.0 Å². The van der Waals surface area contributed by atoms with Crippen LogP contribution in [0.25, 0.3) is 10.9 Å². The molecule has 11 nitrogen and oxygen atoms in total. The molecule has 2 heterocycles. The van der Waals surface area contributed by atoms with Crippen LogP contribution in [0, 0.1) is 11.8 Å². The molecule has 2 aromatic rings. The molecule has 11 heteroatoms. The van der Waals surface area contributed by atoms with Gasteiger partial charge in [0.2, 0.25) is 11.8 Å². The maximum Gasteiger partial charge on any atom is 0.303 e. The molecule has 1 aromatic carbocycles. The van der Waals surface area contributed by atoms with Crippen LogP contribution in [0.2, 0.25) is 0 Å². The first-order valence-electron chi connectivity index (χ1n) is 12.3. The Morgan fingerprint density at radius 1 is 1.14 bits per heavy atom. The van der Waals surface area contributed by atoms with Gasteiger partial charge in [0.05, 0.1) is 13.2 Å². The number of methoxy groups -OCH3 is 1. The standard InChI is InChI=1S/C26H34N4O7/c1-14(2)10-20(30-26(35)21-12-17-18(28-21)6-5-7-23(17)36-4)25(34)29-19(22(32)13-37-15(3)31)11-16-8-9-27-24(16)33/h5-7,12,14,16,19-20,28H,8-11,13H2,1-4H3,(H,27,33)(H,29,34)(H,30,35)/t16-,19-,20-/m0/s1. The van der Waals surface area contributed by atoms with Crippen LogP contribution < -0.4 is 20.7 Å². The second-order valence-corrected chi connectivity index (χ2v) is 9.58. The van der Waals surface area contributed by atoms with Crippen molar-refractivity contribution in [3.05, 3.63) is 30.0 Å². The van der Waals surface area contributed by atoms with Crippen molar-refractivity contribution >= 4 is 40.4 Å². The van der Waals surface area contributed by atoms with Gasteiger partial charge in [0.1, 0.15) is 17.5 Å². The first kappa shape index (κ1) is 27.7. The SMILES string of the molecule is COc1cccc2[nH]c(C(=O)N[C@@H](CC(C)C)C(=O)N[C@@H](C[C@@H]3CCNC3=O)C(=O)COC(C)=O)cc12. The number of aromatic amines is 1. The molecule has 0 radical (unpaired) electrons. The molecule has 37 heavy (non-hydrogen) atoms. The predicted octanol–water partition coefficient (Wildman–Crippen LogP) is 1.46. The second kappa shape index (κ2) is 12.4. The molecule has 1 fully saturated rings. The number of carbonyl (C=O) groups excluding carboxylic acids is 5. The summed E-state index contributed by atoms with van der Waals surface area (Å²) in [5.74, 6) is -2.19. The van der Waals surface area contributed by atoms with Gasteiger partial charge in [-0.2, -0.15) is 0 Å². The number of benzene rings is 1. The Labute approximate surface area is 215 Å². The minimum Gasteiger partial charge on any atom is -0.496 e. The number of Topliss-reactive ketones (excluding diaryl/α,β-unsaturated/α-hetero) is 1. The molecule has 0 spiro atoms. The lowest BCUT2D eigenvalue weighted by Gasteiger charge is -2.25. The minimum absolute atomic E-state index is 0.0506. The number of fused-ring (bicyclic) bond motifs is 1. The van der Waals surface area contributed by atoms with Gasteiger partial charge in [-0.3, -0.25) is 24.0 Å². The van der Waals surface area contributed by atoms with Crippen LogP contribution in [0.1, 0.15) is 50.5 Å². The Kier molecular flexibility index (Phi) is 9.26. The lowest BCUT2D eigenvalue weighted by molar-refractivity contribution is -0.146. The van der Waals surface area contributed by atoms with E-state index in [1.165, 1.54) is 6.92 Å². The lowest BCUT2D eigenvalue weighted by Crippen LogP contribution is -2.53. The van der Waals surface area contributed by atoms with Gasteiger partial charge in [-0.15, -0.1) is 0 Å². The summed E-state index contributed by atoms with van der Waals surface area (Å²) in [7, 11) is 1.54. The maximum atomic E-state index is 13.3. The van der Waals surface area contributed by atoms with Crippen LogP contribution in [0.15, 0.2) is 24.3 Å². The highest BCUT2D eigenvalue weighted by Crippen LogP contribution is 2.26. The Morgan fingerprint density at radius 3 is 2.51 bits per heavy atom. The molecule has 4 N–H and O–H groups in total. The van der Waals surface area contributed by atoms with E-state index in [0.717, 1.165) is 5.39 Å². The van der Waals surface area contributed by atoms with Crippen LogP contribution in [-0.4, -0.2) is 66.8 Å². The van der Waals surface area contributed by atoms with Gasteiger partial charge in [0, 0.05) is 30.3 Å². The molecule has 3 rings (SSSR count). The number of ether oxygens (including phenoxy) is 2. The van der Waals surface area contributed by atoms with Crippen molar-refractivity contribution in [1.82, 2.24) is 20.9 Å². The molecule has 1 aliphatic rings. The number of ketones is 1. The molecular weight excluding hydrogens is 480 g/mol. The monoisotopic (exact) mass is 514 g/mol. The van der Waals surface area contributed by atoms with Gasteiger partial charge in [-0.25, -0.2) is 0 Å². The smallest absolute Gasteiger partial charge is 0.303 e. The lowest BCUT2D eigenvalue weighted by atomic mass is 9.95. The van der Waals surface area contributed by atoms with Crippen LogP contribution in [0.3, 0.4) is 0 Å². The quantitative estimate of drug-likeness (QED) is 0.313. The summed E-state index contributed by atoms with van der Waals surface area (Å²) < 4.78 is 10.2. The highest BCUT2D eigenvalue weighted by Gasteiger charge is 2.33. The molecule has 0 saturated carbocycles. The molecule has 200 valence electrons. The number of rotatable bonds is 12. The third-order valence-corrected chi connectivity index (χ3v) is 6.22. The average molecular weight is 515 g/mol. The molecule has 0 bridgehead atoms. The number of amides is 3. The molecule has 1 aromatic heterocycles. The normalized spacial score (nSPS) is 16.7. The third kappa shape index (κ3) is 7.31. The summed E-state index contributed by atoms with van der Waals surface area (Å²) in [6, 6.07) is 5.05. The fourth-order valence-corrected chi connectivity index (χ4v) is 4.34. The van der Waals surface area contributed by atoms with Crippen molar-refractivity contribution in [3.63, 3.8) is 0 Å². The Bertz CT molecular complexity index is 1170. The highest BCUT2D eigenvalue weighted by molar-refractivity contribution is 6.02. The molecule has 3 amide bonds. The predicted molar refractivity (Wildman–Crippen MR) is 135 cm³/mol. The van der Waals surface area contributed by atoms with E-state index in [4.69, 9.17) is 9.47 Å². The molecule has 0 unspecified atom stereocenters. The van der Waals surface area contributed by atoms with Gasteiger partial charge < -0.3 is 30.4 Å². The zero-order valence-electron chi connectivity index (χ0n) is 21.5. The first-order chi connectivity index (χ1) is 17.6. The van der Waals surface area contributed by atoms with Crippen molar-refractivity contribution in [2.45, 2.75) is 52.1 Å².